The van der Waals surface area contributed by atoms with Crippen LogP contribution in [0.2, 0.25) is 0 Å². The summed E-state index contributed by atoms with van der Waals surface area (Å²) >= 11 is 3.56. The molecule has 0 aromatic heterocycles. The third kappa shape index (κ3) is 3.47. The van der Waals surface area contributed by atoms with Crippen molar-refractivity contribution in [3.05, 3.63) is 63.6 Å². The van der Waals surface area contributed by atoms with Crippen LogP contribution in [0.15, 0.2) is 46.9 Å². The molecule has 1 aliphatic rings. The molecule has 0 amide bonds. The van der Waals surface area contributed by atoms with E-state index < -0.39 is 0 Å². The topological polar surface area (TPSA) is 15.3 Å². The van der Waals surface area contributed by atoms with Crippen LogP contribution in [-0.2, 0) is 13.0 Å². The highest BCUT2D eigenvalue weighted by atomic mass is 79.9. The van der Waals surface area contributed by atoms with Gasteiger partial charge in [-0.15, -0.1) is 0 Å². The molecule has 2 aromatic rings. The van der Waals surface area contributed by atoms with Gasteiger partial charge < -0.3 is 10.2 Å². The van der Waals surface area contributed by atoms with Crippen LogP contribution in [0.4, 0.5) is 5.69 Å². The number of aryl methyl sites for hydroxylation is 1. The van der Waals surface area contributed by atoms with Gasteiger partial charge in [-0.3, -0.25) is 0 Å². The molecule has 21 heavy (non-hydrogen) atoms. The van der Waals surface area contributed by atoms with Crippen LogP contribution in [0.3, 0.4) is 0 Å². The molecule has 0 heterocycles. The van der Waals surface area contributed by atoms with Crippen molar-refractivity contribution < 1.29 is 0 Å². The summed E-state index contributed by atoms with van der Waals surface area (Å²) in [6.45, 7) is 0.976. The summed E-state index contributed by atoms with van der Waals surface area (Å²) in [7, 11) is 4.20. The fraction of sp³-hybridized carbons (Fsp3) is 0.333. The van der Waals surface area contributed by atoms with E-state index in [1.54, 1.807) is 0 Å². The zero-order chi connectivity index (χ0) is 14.8. The zero-order valence-corrected chi connectivity index (χ0v) is 14.2. The van der Waals surface area contributed by atoms with Crippen molar-refractivity contribution in [3.8, 4) is 0 Å². The molecule has 0 radical (unpaired) electrons. The molecule has 0 bridgehead atoms. The average molecular weight is 345 g/mol. The van der Waals surface area contributed by atoms with Crippen LogP contribution in [0.25, 0.3) is 0 Å². The fourth-order valence-electron chi connectivity index (χ4n) is 3.06. The Balaban J connectivity index is 1.77. The number of hydrogen-bond donors (Lipinski definition) is 1. The molecule has 2 nitrogen and oxygen atoms in total. The van der Waals surface area contributed by atoms with Gasteiger partial charge in [0, 0.05) is 16.7 Å². The molecule has 0 spiro atoms. The van der Waals surface area contributed by atoms with Gasteiger partial charge in [-0.05, 0) is 67.9 Å². The number of halogens is 1. The van der Waals surface area contributed by atoms with Crippen molar-refractivity contribution in [2.45, 2.75) is 25.4 Å². The maximum atomic E-state index is 3.70. The summed E-state index contributed by atoms with van der Waals surface area (Å²) in [5.41, 5.74) is 5.47. The SMILES string of the molecule is CN(C)Cc1cccc(NC2CCc3cc(Br)ccc32)c1. The third-order valence-corrected chi connectivity index (χ3v) is 4.44. The molecule has 110 valence electrons. The van der Waals surface area contributed by atoms with E-state index in [-0.39, 0.29) is 0 Å². The van der Waals surface area contributed by atoms with E-state index >= 15 is 0 Å². The Labute approximate surface area is 135 Å². The van der Waals surface area contributed by atoms with E-state index in [2.05, 4.69) is 82.7 Å². The van der Waals surface area contributed by atoms with E-state index in [0.29, 0.717) is 6.04 Å². The Bertz CT molecular complexity index is 637. The maximum absolute atomic E-state index is 3.70. The fourth-order valence-corrected chi connectivity index (χ4v) is 3.47. The molecular weight excluding hydrogens is 324 g/mol. The highest BCUT2D eigenvalue weighted by Crippen LogP contribution is 2.35. The minimum atomic E-state index is 0.433. The Morgan fingerprint density at radius 1 is 1.19 bits per heavy atom. The number of anilines is 1. The van der Waals surface area contributed by atoms with E-state index in [1.807, 2.05) is 0 Å². The highest BCUT2D eigenvalue weighted by molar-refractivity contribution is 9.10. The van der Waals surface area contributed by atoms with Gasteiger partial charge in [0.05, 0.1) is 6.04 Å². The van der Waals surface area contributed by atoms with Crippen LogP contribution < -0.4 is 5.32 Å². The van der Waals surface area contributed by atoms with E-state index in [0.717, 1.165) is 13.0 Å². The standard InChI is InChI=1S/C18H21BrN2/c1-21(2)12-13-4-3-5-16(10-13)20-18-9-6-14-11-15(19)7-8-17(14)18/h3-5,7-8,10-11,18,20H,6,9,12H2,1-2H3. The summed E-state index contributed by atoms with van der Waals surface area (Å²) < 4.78 is 1.18. The molecule has 2 aromatic carbocycles. The highest BCUT2D eigenvalue weighted by Gasteiger charge is 2.22. The smallest absolute Gasteiger partial charge is 0.0519 e. The molecule has 0 fully saturated rings. The Morgan fingerprint density at radius 3 is 2.86 bits per heavy atom. The molecule has 0 saturated heterocycles. The van der Waals surface area contributed by atoms with Gasteiger partial charge in [-0.2, -0.15) is 0 Å². The quantitative estimate of drug-likeness (QED) is 0.871. The Morgan fingerprint density at radius 2 is 2.05 bits per heavy atom. The normalized spacial score (nSPS) is 17.0. The van der Waals surface area contributed by atoms with Gasteiger partial charge >= 0.3 is 0 Å². The lowest BCUT2D eigenvalue weighted by atomic mass is 10.1. The summed E-state index contributed by atoms with van der Waals surface area (Å²) in [5, 5.41) is 3.70. The predicted molar refractivity (Wildman–Crippen MR) is 92.7 cm³/mol. The van der Waals surface area contributed by atoms with Crippen LogP contribution >= 0.6 is 15.9 Å². The predicted octanol–water partition coefficient (Wildman–Crippen LogP) is 4.61. The van der Waals surface area contributed by atoms with Gasteiger partial charge in [-0.25, -0.2) is 0 Å². The van der Waals surface area contributed by atoms with Crippen LogP contribution in [0.1, 0.15) is 29.2 Å². The van der Waals surface area contributed by atoms with Gasteiger partial charge in [0.15, 0.2) is 0 Å². The van der Waals surface area contributed by atoms with Crippen LogP contribution in [-0.4, -0.2) is 19.0 Å². The van der Waals surface area contributed by atoms with Gasteiger partial charge in [0.2, 0.25) is 0 Å². The lowest BCUT2D eigenvalue weighted by Crippen LogP contribution is -2.11. The van der Waals surface area contributed by atoms with Crippen molar-refractivity contribution >= 4 is 21.6 Å². The summed E-state index contributed by atoms with van der Waals surface area (Å²) in [6.07, 6.45) is 2.33. The molecular formula is C18H21BrN2. The van der Waals surface area contributed by atoms with Crippen molar-refractivity contribution in [1.29, 1.82) is 0 Å². The number of nitrogens with zero attached hydrogens (tertiary/aromatic N) is 1. The first-order chi connectivity index (χ1) is 10.1. The van der Waals surface area contributed by atoms with E-state index in [9.17, 15) is 0 Å². The summed E-state index contributed by atoms with van der Waals surface area (Å²) in [5.74, 6) is 0. The van der Waals surface area contributed by atoms with Crippen molar-refractivity contribution in [3.63, 3.8) is 0 Å². The van der Waals surface area contributed by atoms with Crippen LogP contribution in [0, 0.1) is 0 Å². The zero-order valence-electron chi connectivity index (χ0n) is 12.6. The number of rotatable bonds is 4. The molecule has 1 N–H and O–H groups in total. The Hall–Kier alpha value is -1.32. The van der Waals surface area contributed by atoms with Crippen molar-refractivity contribution in [2.24, 2.45) is 0 Å². The van der Waals surface area contributed by atoms with Gasteiger partial charge in [0.1, 0.15) is 0 Å². The van der Waals surface area contributed by atoms with Crippen LogP contribution in [0.5, 0.6) is 0 Å². The summed E-state index contributed by atoms with van der Waals surface area (Å²) in [4.78, 5) is 2.20. The van der Waals surface area contributed by atoms with E-state index in [4.69, 9.17) is 0 Å². The van der Waals surface area contributed by atoms with Crippen molar-refractivity contribution in [1.82, 2.24) is 4.90 Å². The number of benzene rings is 2. The monoisotopic (exact) mass is 344 g/mol. The second-order valence-corrected chi connectivity index (χ2v) is 6.93. The van der Waals surface area contributed by atoms with Crippen molar-refractivity contribution in [2.75, 3.05) is 19.4 Å². The lowest BCUT2D eigenvalue weighted by molar-refractivity contribution is 0.402. The minimum Gasteiger partial charge on any atom is -0.378 e. The summed E-state index contributed by atoms with van der Waals surface area (Å²) in [6, 6.07) is 15.8. The number of hydrogen-bond acceptors (Lipinski definition) is 2. The first-order valence-electron chi connectivity index (χ1n) is 7.40. The third-order valence-electron chi connectivity index (χ3n) is 3.95. The lowest BCUT2D eigenvalue weighted by Gasteiger charge is -2.17. The molecule has 3 heteroatoms. The van der Waals surface area contributed by atoms with Gasteiger partial charge in [-0.1, -0.05) is 34.1 Å². The molecule has 3 rings (SSSR count). The number of nitrogens with one attached hydrogen (secondary N) is 1. The van der Waals surface area contributed by atoms with E-state index in [1.165, 1.54) is 33.3 Å². The molecule has 0 aliphatic heterocycles. The molecule has 1 unspecified atom stereocenters. The molecule has 1 aliphatic carbocycles. The second kappa shape index (κ2) is 6.20. The first-order valence-corrected chi connectivity index (χ1v) is 8.19. The maximum Gasteiger partial charge on any atom is 0.0519 e. The average Bonchev–Trinajstić information content (AvgIpc) is 2.80. The molecule has 1 atom stereocenters. The molecule has 0 saturated carbocycles. The Kier molecular flexibility index (Phi) is 4.32. The van der Waals surface area contributed by atoms with Gasteiger partial charge in [0.25, 0.3) is 0 Å². The largest absolute Gasteiger partial charge is 0.378 e. The number of fused-ring (bicyclic) bond motifs is 1. The minimum absolute atomic E-state index is 0.433. The first kappa shape index (κ1) is 14.6. The second-order valence-electron chi connectivity index (χ2n) is 6.02.